The largest absolute Gasteiger partial charge is 0.0873 e. The molecule has 20 heavy (non-hydrogen) atoms. The molecule has 0 N–H and O–H groups in total. The van der Waals surface area contributed by atoms with Crippen LogP contribution >= 0.6 is 0 Å². The zero-order valence-electron chi connectivity index (χ0n) is 12.9. The molecule has 0 bridgehead atoms. The maximum Gasteiger partial charge on any atom is 0.0873 e. The van der Waals surface area contributed by atoms with Crippen LogP contribution in [0, 0.1) is 17.8 Å². The summed E-state index contributed by atoms with van der Waals surface area (Å²) >= 11 is 0. The summed E-state index contributed by atoms with van der Waals surface area (Å²) in [6.45, 7) is 7.54. The monoisotopic (exact) mass is 282 g/mol. The Morgan fingerprint density at radius 3 is 2.50 bits per heavy atom. The summed E-state index contributed by atoms with van der Waals surface area (Å²) in [5.41, 5.74) is 0.890. The second kappa shape index (κ2) is 5.36. The maximum atomic E-state index is 2.62. The number of allylic oxidation sites excluding steroid dienone is 4. The van der Waals surface area contributed by atoms with Crippen LogP contribution in [-0.4, -0.2) is 8.07 Å². The van der Waals surface area contributed by atoms with Gasteiger partial charge in [0.2, 0.25) is 0 Å². The summed E-state index contributed by atoms with van der Waals surface area (Å²) < 4.78 is 0. The normalized spacial score (nSPS) is 34.8. The first-order chi connectivity index (χ1) is 9.66. The Labute approximate surface area is 124 Å². The molecule has 1 fully saturated rings. The van der Waals surface area contributed by atoms with Crippen molar-refractivity contribution >= 4 is 13.3 Å². The summed E-state index contributed by atoms with van der Waals surface area (Å²) in [6.07, 6.45) is 10.9. The van der Waals surface area contributed by atoms with E-state index in [0.29, 0.717) is 0 Å². The molecule has 3 rings (SSSR count). The van der Waals surface area contributed by atoms with Crippen LogP contribution in [0.25, 0.3) is 0 Å². The van der Waals surface area contributed by atoms with E-state index >= 15 is 0 Å². The highest BCUT2D eigenvalue weighted by Gasteiger charge is 2.49. The fourth-order valence-corrected chi connectivity index (χ4v) is 9.57. The van der Waals surface area contributed by atoms with Crippen molar-refractivity contribution in [2.45, 2.75) is 38.4 Å². The molecule has 5 atom stereocenters. The van der Waals surface area contributed by atoms with Gasteiger partial charge in [-0.15, -0.1) is 0 Å². The van der Waals surface area contributed by atoms with Gasteiger partial charge in [-0.2, -0.15) is 0 Å². The van der Waals surface area contributed by atoms with Crippen LogP contribution in [0.2, 0.25) is 18.1 Å². The van der Waals surface area contributed by atoms with Crippen LogP contribution in [0.5, 0.6) is 0 Å². The lowest BCUT2D eigenvalue weighted by Crippen LogP contribution is -2.51. The first kappa shape index (κ1) is 13.9. The summed E-state index contributed by atoms with van der Waals surface area (Å²) in [4.78, 5) is 0. The fraction of sp³-hybridized carbons (Fsp3) is 0.474. The van der Waals surface area contributed by atoms with Crippen LogP contribution in [0.4, 0.5) is 0 Å². The van der Waals surface area contributed by atoms with Gasteiger partial charge in [0.15, 0.2) is 0 Å². The zero-order valence-corrected chi connectivity index (χ0v) is 13.9. The van der Waals surface area contributed by atoms with Crippen molar-refractivity contribution in [1.82, 2.24) is 0 Å². The molecule has 0 amide bonds. The Bertz CT molecular complexity index is 516. The number of hydrogen-bond acceptors (Lipinski definition) is 0. The third-order valence-corrected chi connectivity index (χ3v) is 11.4. The second-order valence-corrected chi connectivity index (χ2v) is 11.7. The highest BCUT2D eigenvalue weighted by atomic mass is 28.3. The lowest BCUT2D eigenvalue weighted by atomic mass is 9.92. The van der Waals surface area contributed by atoms with Gasteiger partial charge in [-0.1, -0.05) is 86.3 Å². The number of fused-ring (bicyclic) bond motifs is 1. The van der Waals surface area contributed by atoms with E-state index in [9.17, 15) is 0 Å². The zero-order chi connectivity index (χ0) is 14.2. The van der Waals surface area contributed by atoms with Gasteiger partial charge in [-0.3, -0.25) is 0 Å². The number of hydrogen-bond donors (Lipinski definition) is 0. The molecule has 5 unspecified atom stereocenters. The van der Waals surface area contributed by atoms with E-state index in [1.54, 1.807) is 5.19 Å². The van der Waals surface area contributed by atoms with Crippen LogP contribution in [-0.2, 0) is 0 Å². The predicted molar refractivity (Wildman–Crippen MR) is 91.0 cm³/mol. The fourth-order valence-electron chi connectivity index (χ4n) is 4.75. The van der Waals surface area contributed by atoms with Crippen LogP contribution in [0.15, 0.2) is 54.6 Å². The minimum Gasteiger partial charge on any atom is -0.0808 e. The third-order valence-electron chi connectivity index (χ3n) is 5.87. The summed E-state index contributed by atoms with van der Waals surface area (Å²) in [5.74, 6) is 2.43. The molecule has 1 heteroatoms. The van der Waals surface area contributed by atoms with Crippen molar-refractivity contribution in [2.24, 2.45) is 17.8 Å². The molecule has 0 radical (unpaired) electrons. The van der Waals surface area contributed by atoms with Gasteiger partial charge in [-0.05, 0) is 29.7 Å². The van der Waals surface area contributed by atoms with Crippen molar-refractivity contribution in [3.63, 3.8) is 0 Å². The van der Waals surface area contributed by atoms with E-state index in [1.165, 1.54) is 12.5 Å². The Balaban J connectivity index is 2.00. The van der Waals surface area contributed by atoms with E-state index in [1.807, 2.05) is 0 Å². The van der Waals surface area contributed by atoms with Gasteiger partial charge in [0.25, 0.3) is 0 Å². The van der Waals surface area contributed by atoms with Gasteiger partial charge in [0.1, 0.15) is 0 Å². The Hall–Kier alpha value is -1.08. The number of benzene rings is 1. The smallest absolute Gasteiger partial charge is 0.0808 e. The van der Waals surface area contributed by atoms with Crippen LogP contribution in [0.1, 0.15) is 20.3 Å². The molecule has 0 spiro atoms. The Morgan fingerprint density at radius 1 is 1.10 bits per heavy atom. The lowest BCUT2D eigenvalue weighted by Gasteiger charge is -2.39. The molecule has 0 heterocycles. The molecule has 2 aliphatic rings. The quantitative estimate of drug-likeness (QED) is 0.701. The summed E-state index contributed by atoms with van der Waals surface area (Å²) in [7, 11) is -1.42. The predicted octanol–water partition coefficient (Wildman–Crippen LogP) is 4.76. The van der Waals surface area contributed by atoms with E-state index in [2.05, 4.69) is 75.0 Å². The van der Waals surface area contributed by atoms with Crippen molar-refractivity contribution in [2.75, 3.05) is 0 Å². The average molecular weight is 283 g/mol. The van der Waals surface area contributed by atoms with Crippen molar-refractivity contribution in [1.29, 1.82) is 0 Å². The van der Waals surface area contributed by atoms with E-state index in [0.717, 1.165) is 23.3 Å². The molecule has 0 saturated heterocycles. The van der Waals surface area contributed by atoms with E-state index in [-0.39, 0.29) is 0 Å². The number of rotatable bonds is 3. The first-order valence-electron chi connectivity index (χ1n) is 8.07. The summed E-state index contributed by atoms with van der Waals surface area (Å²) in [6, 6.07) is 12.7. The van der Waals surface area contributed by atoms with Crippen molar-refractivity contribution < 1.29 is 0 Å². The van der Waals surface area contributed by atoms with Crippen LogP contribution in [0.3, 0.4) is 0 Å². The minimum atomic E-state index is -1.42. The highest BCUT2D eigenvalue weighted by Crippen LogP contribution is 2.53. The molecular weight excluding hydrogens is 256 g/mol. The second-order valence-electron chi connectivity index (χ2n) is 6.89. The summed E-state index contributed by atoms with van der Waals surface area (Å²) in [5, 5.41) is 1.66. The maximum absolute atomic E-state index is 2.62. The van der Waals surface area contributed by atoms with E-state index < -0.39 is 8.07 Å². The van der Waals surface area contributed by atoms with Crippen molar-refractivity contribution in [3.05, 3.63) is 54.6 Å². The average Bonchev–Trinajstić information content (AvgIpc) is 2.83. The molecular formula is C19H26Si. The molecule has 0 nitrogen and oxygen atoms in total. The van der Waals surface area contributed by atoms with Gasteiger partial charge in [0, 0.05) is 0 Å². The van der Waals surface area contributed by atoms with Crippen LogP contribution < -0.4 is 5.19 Å². The van der Waals surface area contributed by atoms with Gasteiger partial charge < -0.3 is 0 Å². The molecule has 106 valence electrons. The Kier molecular flexibility index (Phi) is 3.72. The van der Waals surface area contributed by atoms with Gasteiger partial charge in [0.05, 0.1) is 8.07 Å². The molecule has 1 saturated carbocycles. The SMILES string of the molecule is CC[Si](C)(c1ccccc1)C1C(C)CC2C=CC=CC21. The Morgan fingerprint density at radius 2 is 1.80 bits per heavy atom. The molecule has 1 aromatic rings. The lowest BCUT2D eigenvalue weighted by molar-refractivity contribution is 0.542. The molecule has 1 aromatic carbocycles. The van der Waals surface area contributed by atoms with Gasteiger partial charge in [-0.25, -0.2) is 0 Å². The van der Waals surface area contributed by atoms with Crippen molar-refractivity contribution in [3.8, 4) is 0 Å². The third kappa shape index (κ3) is 2.12. The van der Waals surface area contributed by atoms with E-state index in [4.69, 9.17) is 0 Å². The van der Waals surface area contributed by atoms with Gasteiger partial charge >= 0.3 is 0 Å². The molecule has 0 aliphatic heterocycles. The minimum absolute atomic E-state index is 0.784. The molecule has 2 aliphatic carbocycles. The molecule has 0 aromatic heterocycles. The highest BCUT2D eigenvalue weighted by molar-refractivity contribution is 6.92. The standard InChI is InChI=1S/C19H26Si/c1-4-20(3,17-11-6-5-7-12-17)19-15(2)14-16-10-8-9-13-18(16)19/h5-13,15-16,18-19H,4,14H2,1-3H3. The first-order valence-corrected chi connectivity index (χ1v) is 10.9. The topological polar surface area (TPSA) is 0 Å².